The van der Waals surface area contributed by atoms with Gasteiger partial charge in [-0.2, -0.15) is 0 Å². The van der Waals surface area contributed by atoms with E-state index in [1.807, 2.05) is 0 Å². The van der Waals surface area contributed by atoms with Crippen molar-refractivity contribution in [1.82, 2.24) is 5.32 Å². The Morgan fingerprint density at radius 1 is 1.47 bits per heavy atom. The van der Waals surface area contributed by atoms with Crippen molar-refractivity contribution in [1.29, 1.82) is 0 Å². The van der Waals surface area contributed by atoms with Crippen molar-refractivity contribution in [2.45, 2.75) is 64.0 Å². The minimum Gasteiger partial charge on any atom is -0.381 e. The third kappa shape index (κ3) is 1.80. The van der Waals surface area contributed by atoms with E-state index in [9.17, 15) is 5.11 Å². The van der Waals surface area contributed by atoms with Crippen LogP contribution in [0.5, 0.6) is 0 Å². The third-order valence-corrected chi connectivity index (χ3v) is 5.22. The molecule has 0 spiro atoms. The number of rotatable bonds is 3. The van der Waals surface area contributed by atoms with Crippen LogP contribution < -0.4 is 11.1 Å². The Hall–Kier alpha value is -1.03. The van der Waals surface area contributed by atoms with Gasteiger partial charge in [0, 0.05) is 0 Å². The minimum atomic E-state index is -0.765. The number of allylic oxidation sites excluding steroid dienone is 1. The van der Waals surface area contributed by atoms with Crippen LogP contribution >= 0.6 is 0 Å². The van der Waals surface area contributed by atoms with Crippen molar-refractivity contribution in [2.24, 2.45) is 22.6 Å². The molecule has 0 radical (unpaired) electrons. The van der Waals surface area contributed by atoms with Crippen LogP contribution in [0.1, 0.15) is 52.4 Å². The summed E-state index contributed by atoms with van der Waals surface area (Å²) in [4.78, 5) is 4.44. The van der Waals surface area contributed by atoms with Crippen molar-refractivity contribution in [3.63, 3.8) is 0 Å². The smallest absolute Gasteiger partial charge is 0.193 e. The zero-order valence-corrected chi connectivity index (χ0v) is 11.9. The quantitative estimate of drug-likeness (QED) is 0.728. The van der Waals surface area contributed by atoms with Gasteiger partial charge in [-0.1, -0.05) is 20.3 Å². The zero-order valence-electron chi connectivity index (χ0n) is 11.9. The summed E-state index contributed by atoms with van der Waals surface area (Å²) in [5.41, 5.74) is 7.53. The second kappa shape index (κ2) is 4.51. The van der Waals surface area contributed by atoms with E-state index in [-0.39, 0.29) is 6.04 Å². The molecule has 1 heterocycles. The summed E-state index contributed by atoms with van der Waals surface area (Å²) in [7, 11) is 0. The monoisotopic (exact) mass is 263 g/mol. The van der Waals surface area contributed by atoms with Crippen molar-refractivity contribution >= 4 is 5.96 Å². The molecule has 1 unspecified atom stereocenters. The van der Waals surface area contributed by atoms with Gasteiger partial charge in [0.05, 0.1) is 11.7 Å². The second-order valence-corrected chi connectivity index (χ2v) is 6.40. The SMILES string of the molecule is CCCCC1=C2NC(N)=NC3CC[C@@H](C[C@@H]1C)[C@@]23O. The van der Waals surface area contributed by atoms with Crippen LogP contribution in [0.15, 0.2) is 16.3 Å². The number of unbranched alkanes of at least 4 members (excludes halogenated alkanes) is 1. The first-order valence-corrected chi connectivity index (χ1v) is 7.63. The van der Waals surface area contributed by atoms with Gasteiger partial charge < -0.3 is 16.2 Å². The predicted octanol–water partition coefficient (Wildman–Crippen LogP) is 1.90. The molecule has 2 aliphatic carbocycles. The minimum absolute atomic E-state index is 0.0297. The molecule has 0 aromatic carbocycles. The molecule has 3 aliphatic rings. The van der Waals surface area contributed by atoms with E-state index in [0.717, 1.165) is 31.4 Å². The number of hydrogen-bond acceptors (Lipinski definition) is 4. The first-order valence-electron chi connectivity index (χ1n) is 7.63. The van der Waals surface area contributed by atoms with Crippen molar-refractivity contribution < 1.29 is 5.11 Å². The fourth-order valence-corrected chi connectivity index (χ4v) is 4.22. The summed E-state index contributed by atoms with van der Waals surface area (Å²) >= 11 is 0. The number of nitrogens with zero attached hydrogens (tertiary/aromatic N) is 1. The van der Waals surface area contributed by atoms with Gasteiger partial charge in [0.1, 0.15) is 5.60 Å². The highest BCUT2D eigenvalue weighted by Gasteiger charge is 2.57. The summed E-state index contributed by atoms with van der Waals surface area (Å²) in [6, 6.07) is -0.0297. The standard InChI is InChI=1S/C15H25N3O/c1-3-4-5-11-9(2)8-10-6-7-12-15(10,19)13(11)18-14(16)17-12/h9-10,12,19H,3-8H2,1-2H3,(H3,16,17,18)/t9-,10-,12?,15-/m0/s1. The van der Waals surface area contributed by atoms with Crippen LogP contribution in [-0.2, 0) is 0 Å². The van der Waals surface area contributed by atoms with Crippen molar-refractivity contribution in [2.75, 3.05) is 0 Å². The van der Waals surface area contributed by atoms with Gasteiger partial charge in [-0.3, -0.25) is 0 Å². The van der Waals surface area contributed by atoms with Crippen LogP contribution in [0, 0.1) is 11.8 Å². The first kappa shape index (κ1) is 13.0. The topological polar surface area (TPSA) is 70.6 Å². The average molecular weight is 263 g/mol. The Morgan fingerprint density at radius 3 is 3.00 bits per heavy atom. The largest absolute Gasteiger partial charge is 0.381 e. The first-order chi connectivity index (χ1) is 9.07. The van der Waals surface area contributed by atoms with Gasteiger partial charge in [-0.15, -0.1) is 0 Å². The molecule has 1 saturated carbocycles. The summed E-state index contributed by atoms with van der Waals surface area (Å²) in [5.74, 6) is 1.37. The van der Waals surface area contributed by atoms with E-state index >= 15 is 0 Å². The molecule has 0 saturated heterocycles. The Kier molecular flexibility index (Phi) is 3.08. The molecule has 106 valence electrons. The molecule has 0 bridgehead atoms. The fraction of sp³-hybridized carbons (Fsp3) is 0.800. The van der Waals surface area contributed by atoms with Crippen LogP contribution in [-0.4, -0.2) is 22.7 Å². The highest BCUT2D eigenvalue weighted by Crippen LogP contribution is 2.52. The highest BCUT2D eigenvalue weighted by molar-refractivity contribution is 5.82. The predicted molar refractivity (Wildman–Crippen MR) is 76.6 cm³/mol. The Morgan fingerprint density at radius 2 is 2.26 bits per heavy atom. The maximum atomic E-state index is 11.2. The normalized spacial score (nSPS) is 40.8. The molecule has 3 rings (SSSR count). The Labute approximate surface area is 115 Å². The van der Waals surface area contributed by atoms with Gasteiger partial charge in [0.25, 0.3) is 0 Å². The third-order valence-electron chi connectivity index (χ3n) is 5.22. The lowest BCUT2D eigenvalue weighted by Crippen LogP contribution is -2.58. The second-order valence-electron chi connectivity index (χ2n) is 6.40. The fourth-order valence-electron chi connectivity index (χ4n) is 4.22. The summed E-state index contributed by atoms with van der Waals surface area (Å²) < 4.78 is 0. The lowest BCUT2D eigenvalue weighted by atomic mass is 9.69. The molecule has 1 fully saturated rings. The lowest BCUT2D eigenvalue weighted by molar-refractivity contribution is 0.000188. The average Bonchev–Trinajstić information content (AvgIpc) is 2.67. The molecule has 4 atom stereocenters. The molecule has 4 nitrogen and oxygen atoms in total. The molecule has 0 aromatic heterocycles. The van der Waals surface area contributed by atoms with Gasteiger partial charge in [-0.05, 0) is 49.5 Å². The highest BCUT2D eigenvalue weighted by atomic mass is 16.3. The van der Waals surface area contributed by atoms with Crippen molar-refractivity contribution in [3.05, 3.63) is 11.3 Å². The molecule has 0 aromatic rings. The number of nitrogens with one attached hydrogen (secondary N) is 1. The summed E-state index contributed by atoms with van der Waals surface area (Å²) in [6.07, 6.45) is 6.53. The zero-order chi connectivity index (χ0) is 13.6. The molecule has 19 heavy (non-hydrogen) atoms. The van der Waals surface area contributed by atoms with E-state index in [4.69, 9.17) is 5.73 Å². The molecule has 4 N–H and O–H groups in total. The Balaban J connectivity index is 2.05. The maximum absolute atomic E-state index is 11.2. The van der Waals surface area contributed by atoms with E-state index in [2.05, 4.69) is 24.2 Å². The molecule has 4 heteroatoms. The van der Waals surface area contributed by atoms with Gasteiger partial charge in [0.2, 0.25) is 0 Å². The van der Waals surface area contributed by atoms with Crippen LogP contribution in [0.4, 0.5) is 0 Å². The lowest BCUT2D eigenvalue weighted by Gasteiger charge is -2.46. The molecule has 1 aliphatic heterocycles. The number of aliphatic hydroxyl groups is 1. The number of guanidine groups is 1. The van der Waals surface area contributed by atoms with E-state index in [0.29, 0.717) is 17.8 Å². The summed E-state index contributed by atoms with van der Waals surface area (Å²) in [6.45, 7) is 4.49. The van der Waals surface area contributed by atoms with Crippen LogP contribution in [0.2, 0.25) is 0 Å². The van der Waals surface area contributed by atoms with E-state index in [1.54, 1.807) is 0 Å². The molecular formula is C15H25N3O. The Bertz CT molecular complexity index is 443. The van der Waals surface area contributed by atoms with E-state index in [1.165, 1.54) is 18.4 Å². The van der Waals surface area contributed by atoms with Gasteiger partial charge in [-0.25, -0.2) is 4.99 Å². The van der Waals surface area contributed by atoms with Crippen LogP contribution in [0.3, 0.4) is 0 Å². The number of hydrogen-bond donors (Lipinski definition) is 3. The van der Waals surface area contributed by atoms with Crippen molar-refractivity contribution in [3.8, 4) is 0 Å². The van der Waals surface area contributed by atoms with Gasteiger partial charge in [0.15, 0.2) is 5.96 Å². The van der Waals surface area contributed by atoms with Gasteiger partial charge >= 0.3 is 0 Å². The number of nitrogens with two attached hydrogens (primary N) is 1. The van der Waals surface area contributed by atoms with E-state index < -0.39 is 5.60 Å². The molecule has 0 amide bonds. The number of aliphatic imine (C=N–C) groups is 1. The van der Waals surface area contributed by atoms with Crippen LogP contribution in [0.25, 0.3) is 0 Å². The summed E-state index contributed by atoms with van der Waals surface area (Å²) in [5, 5.41) is 14.4. The molecular weight excluding hydrogens is 238 g/mol. The maximum Gasteiger partial charge on any atom is 0.193 e.